The number of aryl methyl sites for hydroxylation is 1. The number of aromatic nitrogens is 3. The molecule has 2 aliphatic carbocycles. The van der Waals surface area contributed by atoms with Gasteiger partial charge >= 0.3 is 5.97 Å². The Hall–Kier alpha value is -2.44. The summed E-state index contributed by atoms with van der Waals surface area (Å²) >= 11 is 0. The van der Waals surface area contributed by atoms with Crippen LogP contribution in [0.15, 0.2) is 12.3 Å². The Bertz CT molecular complexity index is 865. The minimum absolute atomic E-state index is 0.347. The van der Waals surface area contributed by atoms with E-state index in [1.807, 2.05) is 6.07 Å². The third-order valence-corrected chi connectivity index (χ3v) is 5.86. The van der Waals surface area contributed by atoms with Crippen molar-refractivity contribution >= 4 is 22.9 Å². The summed E-state index contributed by atoms with van der Waals surface area (Å²) in [7, 11) is 1.80. The third-order valence-electron chi connectivity index (χ3n) is 5.86. The van der Waals surface area contributed by atoms with E-state index in [4.69, 9.17) is 0 Å². The van der Waals surface area contributed by atoms with Crippen molar-refractivity contribution in [2.75, 3.05) is 0 Å². The normalized spacial score (nSPS) is 19.1. The molecule has 0 unspecified atom stereocenters. The van der Waals surface area contributed by atoms with Crippen molar-refractivity contribution in [3.63, 3.8) is 0 Å². The number of aliphatic carboxylic acids is 1. The first-order valence-electron chi connectivity index (χ1n) is 9.89. The van der Waals surface area contributed by atoms with E-state index in [1.54, 1.807) is 17.9 Å². The van der Waals surface area contributed by atoms with E-state index >= 15 is 0 Å². The van der Waals surface area contributed by atoms with E-state index in [9.17, 15) is 14.7 Å². The molecule has 0 radical (unpaired) electrons. The Morgan fingerprint density at radius 3 is 2.67 bits per heavy atom. The Labute approximate surface area is 158 Å². The van der Waals surface area contributed by atoms with Gasteiger partial charge in [0.2, 0.25) is 0 Å². The highest BCUT2D eigenvalue weighted by atomic mass is 16.4. The third kappa shape index (κ3) is 3.82. The largest absolute Gasteiger partial charge is 0.480 e. The molecule has 2 aromatic heterocycles. The van der Waals surface area contributed by atoms with Gasteiger partial charge in [-0.3, -0.25) is 9.48 Å². The summed E-state index contributed by atoms with van der Waals surface area (Å²) in [5, 5.41) is 17.3. The van der Waals surface area contributed by atoms with Crippen molar-refractivity contribution in [1.29, 1.82) is 0 Å². The van der Waals surface area contributed by atoms with Gasteiger partial charge in [-0.2, -0.15) is 5.10 Å². The SMILES string of the molecule is Cn1ncc2c(C(=O)N[C@@H](CC3CCCCC3)C(=O)O)cc(C3CC3)nc21. The molecule has 2 heterocycles. The number of carbonyl (C=O) groups is 2. The summed E-state index contributed by atoms with van der Waals surface area (Å²) in [6, 6.07) is 0.959. The van der Waals surface area contributed by atoms with Crippen molar-refractivity contribution in [2.45, 2.75) is 63.3 Å². The molecule has 1 atom stereocenters. The number of hydrogen-bond acceptors (Lipinski definition) is 4. The zero-order valence-corrected chi connectivity index (χ0v) is 15.6. The number of carbonyl (C=O) groups excluding carboxylic acids is 1. The van der Waals surface area contributed by atoms with Crippen molar-refractivity contribution < 1.29 is 14.7 Å². The molecule has 0 bridgehead atoms. The minimum Gasteiger partial charge on any atom is -0.480 e. The second kappa shape index (κ2) is 7.29. The average Bonchev–Trinajstić information content (AvgIpc) is 3.45. The first kappa shape index (κ1) is 17.9. The monoisotopic (exact) mass is 370 g/mol. The number of pyridine rings is 1. The standard InChI is InChI=1S/C20H26N4O3/c1-24-18-15(11-21-24)14(10-16(22-18)13-7-8-13)19(25)23-17(20(26)27)9-12-5-3-2-4-6-12/h10-13,17H,2-9H2,1H3,(H,23,25)(H,26,27)/t17-/m0/s1. The van der Waals surface area contributed by atoms with Crippen LogP contribution in [0.3, 0.4) is 0 Å². The fraction of sp³-hybridized carbons (Fsp3) is 0.600. The molecule has 2 fully saturated rings. The summed E-state index contributed by atoms with van der Waals surface area (Å²) < 4.78 is 1.66. The van der Waals surface area contributed by atoms with Crippen LogP contribution in [0.5, 0.6) is 0 Å². The van der Waals surface area contributed by atoms with Crippen molar-refractivity contribution in [3.05, 3.63) is 23.5 Å². The lowest BCUT2D eigenvalue weighted by Gasteiger charge is -2.25. The number of nitrogens with zero attached hydrogens (tertiary/aromatic N) is 3. The van der Waals surface area contributed by atoms with E-state index in [2.05, 4.69) is 15.4 Å². The zero-order chi connectivity index (χ0) is 19.0. The summed E-state index contributed by atoms with van der Waals surface area (Å²) in [5.74, 6) is -0.542. The van der Waals surface area contributed by atoms with Gasteiger partial charge in [-0.25, -0.2) is 9.78 Å². The number of nitrogens with one attached hydrogen (secondary N) is 1. The van der Waals surface area contributed by atoms with Gasteiger partial charge in [-0.15, -0.1) is 0 Å². The summed E-state index contributed by atoms with van der Waals surface area (Å²) in [6.07, 6.45) is 9.91. The molecule has 27 heavy (non-hydrogen) atoms. The second-order valence-corrected chi connectivity index (χ2v) is 7.98. The molecule has 2 aliphatic rings. The van der Waals surface area contributed by atoms with Gasteiger partial charge in [0.15, 0.2) is 5.65 Å². The van der Waals surface area contributed by atoms with E-state index in [1.165, 1.54) is 6.42 Å². The molecule has 2 aromatic rings. The molecule has 144 valence electrons. The van der Waals surface area contributed by atoms with Gasteiger partial charge in [0.1, 0.15) is 6.04 Å². The fourth-order valence-corrected chi connectivity index (χ4v) is 4.12. The lowest BCUT2D eigenvalue weighted by molar-refractivity contribution is -0.139. The molecule has 2 saturated carbocycles. The van der Waals surface area contributed by atoms with E-state index in [-0.39, 0.29) is 5.91 Å². The molecule has 0 spiro atoms. The zero-order valence-electron chi connectivity index (χ0n) is 15.6. The smallest absolute Gasteiger partial charge is 0.326 e. The quantitative estimate of drug-likeness (QED) is 0.815. The highest BCUT2D eigenvalue weighted by molar-refractivity contribution is 6.06. The lowest BCUT2D eigenvalue weighted by atomic mass is 9.85. The van der Waals surface area contributed by atoms with Crippen molar-refractivity contribution in [3.8, 4) is 0 Å². The molecule has 1 amide bonds. The number of carboxylic acids is 1. The highest BCUT2D eigenvalue weighted by Crippen LogP contribution is 2.40. The Balaban J connectivity index is 1.58. The molecule has 4 rings (SSSR count). The van der Waals surface area contributed by atoms with Crippen LogP contribution in [0.25, 0.3) is 11.0 Å². The van der Waals surface area contributed by atoms with Crippen LogP contribution < -0.4 is 5.32 Å². The predicted octanol–water partition coefficient (Wildman–Crippen LogP) is 3.00. The topological polar surface area (TPSA) is 97.1 Å². The Morgan fingerprint density at radius 1 is 1.26 bits per heavy atom. The number of fused-ring (bicyclic) bond motifs is 1. The first-order valence-corrected chi connectivity index (χ1v) is 9.89. The minimum atomic E-state index is -0.965. The van der Waals surface area contributed by atoms with Crippen LogP contribution in [0.4, 0.5) is 0 Å². The molecular weight excluding hydrogens is 344 g/mol. The maximum Gasteiger partial charge on any atom is 0.326 e. The number of hydrogen-bond donors (Lipinski definition) is 2. The van der Waals surface area contributed by atoms with Gasteiger partial charge in [0.25, 0.3) is 5.91 Å². The molecule has 2 N–H and O–H groups in total. The summed E-state index contributed by atoms with van der Waals surface area (Å²) in [4.78, 5) is 29.4. The first-order chi connectivity index (χ1) is 13.0. The van der Waals surface area contributed by atoms with Crippen molar-refractivity contribution in [1.82, 2.24) is 20.1 Å². The summed E-state index contributed by atoms with van der Waals surface area (Å²) in [6.45, 7) is 0. The molecular formula is C20H26N4O3. The van der Waals surface area contributed by atoms with Crippen LogP contribution >= 0.6 is 0 Å². The van der Waals surface area contributed by atoms with Crippen LogP contribution in [0.2, 0.25) is 0 Å². The Kier molecular flexibility index (Phi) is 4.85. The van der Waals surface area contributed by atoms with E-state index < -0.39 is 12.0 Å². The fourth-order valence-electron chi connectivity index (χ4n) is 4.12. The van der Waals surface area contributed by atoms with Gasteiger partial charge in [0.05, 0.1) is 17.1 Å². The average molecular weight is 370 g/mol. The summed E-state index contributed by atoms with van der Waals surface area (Å²) in [5.41, 5.74) is 2.05. The molecule has 0 saturated heterocycles. The van der Waals surface area contributed by atoms with E-state index in [0.717, 1.165) is 44.2 Å². The second-order valence-electron chi connectivity index (χ2n) is 7.98. The Morgan fingerprint density at radius 2 is 2.00 bits per heavy atom. The van der Waals surface area contributed by atoms with Crippen LogP contribution in [-0.2, 0) is 11.8 Å². The number of amides is 1. The van der Waals surface area contributed by atoms with Gasteiger partial charge in [-0.1, -0.05) is 32.1 Å². The molecule has 0 aromatic carbocycles. The molecule has 0 aliphatic heterocycles. The number of rotatable bonds is 6. The van der Waals surface area contributed by atoms with Crippen LogP contribution in [-0.4, -0.2) is 37.8 Å². The maximum atomic E-state index is 13.0. The van der Waals surface area contributed by atoms with Gasteiger partial charge in [-0.05, 0) is 31.2 Å². The van der Waals surface area contributed by atoms with Gasteiger partial charge in [0, 0.05) is 18.7 Å². The van der Waals surface area contributed by atoms with Crippen LogP contribution in [0, 0.1) is 5.92 Å². The predicted molar refractivity (Wildman–Crippen MR) is 101 cm³/mol. The maximum absolute atomic E-state index is 13.0. The van der Waals surface area contributed by atoms with Gasteiger partial charge < -0.3 is 10.4 Å². The van der Waals surface area contributed by atoms with E-state index in [0.29, 0.717) is 34.9 Å². The highest BCUT2D eigenvalue weighted by Gasteiger charge is 2.30. The molecule has 7 nitrogen and oxygen atoms in total. The van der Waals surface area contributed by atoms with Crippen molar-refractivity contribution in [2.24, 2.45) is 13.0 Å². The van der Waals surface area contributed by atoms with Crippen LogP contribution in [0.1, 0.15) is 73.3 Å². The number of carboxylic acid groups (broad SMARTS) is 1. The molecule has 7 heteroatoms. The lowest BCUT2D eigenvalue weighted by Crippen LogP contribution is -2.42.